The Morgan fingerprint density at radius 1 is 0.600 bits per heavy atom. The first-order valence-electron chi connectivity index (χ1n) is 18.4. The number of ether oxygens (including phenoxy) is 2. The number of carbonyl (C=O) groups excluding carboxylic acids is 5. The summed E-state index contributed by atoms with van der Waals surface area (Å²) >= 11 is 0. The minimum atomic E-state index is -1.08. The zero-order valence-electron chi connectivity index (χ0n) is 31.9. The van der Waals surface area contributed by atoms with E-state index in [2.05, 4.69) is 16.0 Å². The van der Waals surface area contributed by atoms with Gasteiger partial charge in [0.15, 0.2) is 5.78 Å². The zero-order valence-corrected chi connectivity index (χ0v) is 31.9. The molecule has 50 heavy (non-hydrogen) atoms. The number of unbranched alkanes of at least 4 members (excludes halogenated alkanes) is 13. The summed E-state index contributed by atoms with van der Waals surface area (Å²) in [6.07, 6.45) is 17.6. The highest BCUT2D eigenvalue weighted by atomic mass is 16.5. The van der Waals surface area contributed by atoms with Crippen molar-refractivity contribution in [3.8, 4) is 0 Å². The second kappa shape index (κ2) is 37.4. The van der Waals surface area contributed by atoms with Gasteiger partial charge in [-0.15, -0.1) is 0 Å². The summed E-state index contributed by atoms with van der Waals surface area (Å²) < 4.78 is 10.7. The fourth-order valence-electron chi connectivity index (χ4n) is 4.73. The molecule has 0 saturated heterocycles. The Bertz CT molecular complexity index is 868. The maximum atomic E-state index is 12.5. The van der Waals surface area contributed by atoms with E-state index in [1.165, 1.54) is 51.4 Å². The van der Waals surface area contributed by atoms with Crippen molar-refractivity contribution in [2.75, 3.05) is 46.6 Å². The maximum absolute atomic E-state index is 12.5. The molecule has 294 valence electrons. The molecule has 0 unspecified atom stereocenters. The standard InChI is InChI=1S/C35H65N3O8.CH4O.CH2O/c1-29(2)30(39)28-46-27-26-45-25-24-37-34(44)35(3,4)38-32(41)21-19-23-36-31(40)20-17-15-13-11-9-7-5-6-8-10-12-14-16-18-22-33(42)43;2*1-2/h29H,5-28H2,1-4H3,(H,36,40)(H,37,44)(H,38,41)(H,42,43);2H,1H3;1H2. The highest BCUT2D eigenvalue weighted by Gasteiger charge is 2.28. The number of nitrogens with one attached hydrogen (secondary N) is 3. The lowest BCUT2D eigenvalue weighted by atomic mass is 10.0. The zero-order chi connectivity index (χ0) is 38.5. The molecule has 0 bridgehead atoms. The van der Waals surface area contributed by atoms with E-state index < -0.39 is 11.5 Å². The molecule has 0 atom stereocenters. The van der Waals surface area contributed by atoms with E-state index in [9.17, 15) is 24.0 Å². The van der Waals surface area contributed by atoms with Gasteiger partial charge in [-0.1, -0.05) is 90.9 Å². The molecular weight excluding hydrogens is 646 g/mol. The van der Waals surface area contributed by atoms with Crippen LogP contribution in [-0.4, -0.2) is 98.6 Å². The number of carboxylic acid groups (broad SMARTS) is 1. The topological polar surface area (TPSA) is 197 Å². The fourth-order valence-corrected chi connectivity index (χ4v) is 4.73. The number of hydrogen-bond donors (Lipinski definition) is 5. The molecule has 5 N–H and O–H groups in total. The molecule has 13 heteroatoms. The van der Waals surface area contributed by atoms with Gasteiger partial charge in [0.05, 0.1) is 19.8 Å². The number of carboxylic acids is 1. The number of Topliss-reactive ketones (excluding diaryl/α,β-unsaturated/α-hetero) is 1. The molecule has 0 fully saturated rings. The Kier molecular flexibility index (Phi) is 38.5. The first-order chi connectivity index (χ1) is 24.0. The van der Waals surface area contributed by atoms with Crippen LogP contribution in [0.3, 0.4) is 0 Å². The molecule has 0 spiro atoms. The third-order valence-electron chi connectivity index (χ3n) is 7.76. The summed E-state index contributed by atoms with van der Waals surface area (Å²) in [6.45, 7) is 10.6. The first-order valence-corrected chi connectivity index (χ1v) is 18.4. The molecule has 0 radical (unpaired) electrons. The molecule has 0 aromatic heterocycles. The number of amides is 3. The summed E-state index contributed by atoms with van der Waals surface area (Å²) in [7, 11) is 1.00. The van der Waals surface area contributed by atoms with Crippen LogP contribution in [0.25, 0.3) is 0 Å². The third-order valence-corrected chi connectivity index (χ3v) is 7.76. The number of aliphatic hydroxyl groups excluding tert-OH is 1. The Hall–Kier alpha value is -2.90. The molecule has 0 aromatic rings. The highest BCUT2D eigenvalue weighted by molar-refractivity contribution is 5.90. The van der Waals surface area contributed by atoms with E-state index in [-0.39, 0.29) is 49.0 Å². The van der Waals surface area contributed by atoms with Gasteiger partial charge in [-0.2, -0.15) is 0 Å². The summed E-state index contributed by atoms with van der Waals surface area (Å²) in [5.41, 5.74) is -1.08. The summed E-state index contributed by atoms with van der Waals surface area (Å²) in [5.74, 6) is -1.25. The van der Waals surface area contributed by atoms with Crippen LogP contribution in [0.15, 0.2) is 0 Å². The lowest BCUT2D eigenvalue weighted by molar-refractivity contribution is -0.137. The normalized spacial score (nSPS) is 10.7. The third kappa shape index (κ3) is 36.4. The van der Waals surface area contributed by atoms with Crippen molar-refractivity contribution in [3.05, 3.63) is 0 Å². The maximum Gasteiger partial charge on any atom is 0.303 e. The van der Waals surface area contributed by atoms with Crippen molar-refractivity contribution >= 4 is 36.3 Å². The van der Waals surface area contributed by atoms with E-state index in [1.54, 1.807) is 13.8 Å². The molecule has 0 aliphatic heterocycles. The van der Waals surface area contributed by atoms with Crippen LogP contribution in [-0.2, 0) is 38.2 Å². The molecular formula is C37H71N3O10. The van der Waals surface area contributed by atoms with Crippen LogP contribution < -0.4 is 16.0 Å². The Morgan fingerprint density at radius 2 is 1.04 bits per heavy atom. The monoisotopic (exact) mass is 718 g/mol. The Morgan fingerprint density at radius 3 is 1.52 bits per heavy atom. The predicted molar refractivity (Wildman–Crippen MR) is 196 cm³/mol. The largest absolute Gasteiger partial charge is 0.481 e. The van der Waals surface area contributed by atoms with E-state index in [4.69, 9.17) is 24.5 Å². The second-order valence-corrected chi connectivity index (χ2v) is 13.0. The van der Waals surface area contributed by atoms with Crippen molar-refractivity contribution in [2.45, 2.75) is 149 Å². The fraction of sp³-hybridized carbons (Fsp3) is 0.838. The van der Waals surface area contributed by atoms with Gasteiger partial charge in [-0.05, 0) is 33.1 Å². The lowest BCUT2D eigenvalue weighted by Crippen LogP contribution is -2.55. The lowest BCUT2D eigenvalue weighted by Gasteiger charge is -2.25. The van der Waals surface area contributed by atoms with Crippen LogP contribution in [0.4, 0.5) is 0 Å². The smallest absolute Gasteiger partial charge is 0.303 e. The van der Waals surface area contributed by atoms with Gasteiger partial charge >= 0.3 is 5.97 Å². The van der Waals surface area contributed by atoms with Crippen molar-refractivity contribution in [1.82, 2.24) is 16.0 Å². The number of carbonyl (C=O) groups is 6. The molecule has 13 nitrogen and oxygen atoms in total. The van der Waals surface area contributed by atoms with Crippen molar-refractivity contribution in [2.24, 2.45) is 5.92 Å². The number of ketones is 1. The summed E-state index contributed by atoms with van der Waals surface area (Å²) in [5, 5.41) is 24.0. The highest BCUT2D eigenvalue weighted by Crippen LogP contribution is 2.14. The van der Waals surface area contributed by atoms with Gasteiger partial charge in [0.25, 0.3) is 0 Å². The average Bonchev–Trinajstić information content (AvgIpc) is 3.08. The van der Waals surface area contributed by atoms with Crippen LogP contribution in [0.1, 0.15) is 143 Å². The van der Waals surface area contributed by atoms with E-state index >= 15 is 0 Å². The van der Waals surface area contributed by atoms with Gasteiger partial charge in [0.1, 0.15) is 18.9 Å². The van der Waals surface area contributed by atoms with Gasteiger partial charge < -0.3 is 40.4 Å². The summed E-state index contributed by atoms with van der Waals surface area (Å²) in [4.78, 5) is 66.9. The van der Waals surface area contributed by atoms with Crippen LogP contribution in [0.2, 0.25) is 0 Å². The Labute approximate surface area is 301 Å². The molecule has 0 aromatic carbocycles. The Balaban J connectivity index is -0.00000531. The van der Waals surface area contributed by atoms with Gasteiger partial charge in [-0.3, -0.25) is 24.0 Å². The van der Waals surface area contributed by atoms with Crippen LogP contribution in [0, 0.1) is 5.92 Å². The van der Waals surface area contributed by atoms with Gasteiger partial charge in [0, 0.05) is 45.4 Å². The number of aliphatic hydroxyl groups is 1. The molecule has 0 saturated carbocycles. The van der Waals surface area contributed by atoms with E-state index in [1.807, 2.05) is 20.6 Å². The number of aliphatic carboxylic acids is 1. The number of rotatable bonds is 32. The molecule has 0 aliphatic carbocycles. The number of hydrogen-bond acceptors (Lipinski definition) is 9. The van der Waals surface area contributed by atoms with Crippen molar-refractivity contribution < 1.29 is 48.5 Å². The molecule has 0 aliphatic rings. The van der Waals surface area contributed by atoms with Crippen LogP contribution in [0.5, 0.6) is 0 Å². The molecule has 0 rings (SSSR count). The van der Waals surface area contributed by atoms with Gasteiger partial charge in [0.2, 0.25) is 17.7 Å². The first kappa shape index (κ1) is 51.5. The quantitative estimate of drug-likeness (QED) is 0.0597. The average molecular weight is 718 g/mol. The van der Waals surface area contributed by atoms with Crippen LogP contribution >= 0.6 is 0 Å². The summed E-state index contributed by atoms with van der Waals surface area (Å²) in [6, 6.07) is 0. The van der Waals surface area contributed by atoms with E-state index in [0.717, 1.165) is 45.6 Å². The second-order valence-electron chi connectivity index (χ2n) is 13.0. The predicted octanol–water partition coefficient (Wildman–Crippen LogP) is 4.90. The van der Waals surface area contributed by atoms with Gasteiger partial charge in [-0.25, -0.2) is 0 Å². The van der Waals surface area contributed by atoms with Crippen molar-refractivity contribution in [3.63, 3.8) is 0 Å². The molecule has 0 heterocycles. The van der Waals surface area contributed by atoms with Crippen molar-refractivity contribution in [1.29, 1.82) is 0 Å². The minimum Gasteiger partial charge on any atom is -0.481 e. The molecule has 3 amide bonds. The minimum absolute atomic E-state index is 0.0137. The van der Waals surface area contributed by atoms with E-state index in [0.29, 0.717) is 45.6 Å². The SMILES string of the molecule is C=O.CC(C)C(=O)COCCOCCNC(=O)C(C)(C)NC(=O)CCCNC(=O)CCCCCCCCCCCCCCCCC(=O)O.CO.